The van der Waals surface area contributed by atoms with E-state index in [1.165, 1.54) is 6.21 Å². The topological polar surface area (TPSA) is 124 Å². The standard InChI is InChI=1S/C29H28ClN5O5S2/c1-3-39-25-16-19(4-13-24(25)40-14-15-41-23-11-7-21(30)8-12-23)18-31-33-26(36)17-27-34-35-29(42-27)32-28(37)20-5-9-22(38-2)10-6-20/h4-13,16,18H,3,14-15,17H2,1-2H3,(H,33,36)(H,32,35,37). The SMILES string of the molecule is CCOc1cc(C=NNC(=O)Cc2nnc(NC(=O)c3ccc(OC)cc3)s2)ccc1OCCSc1ccc(Cl)cc1. The number of hydrogen-bond donors (Lipinski definition) is 2. The molecule has 0 radical (unpaired) electrons. The van der Waals surface area contributed by atoms with Crippen molar-refractivity contribution in [3.8, 4) is 17.2 Å². The second-order valence-electron chi connectivity index (χ2n) is 8.44. The van der Waals surface area contributed by atoms with Gasteiger partial charge in [0, 0.05) is 21.2 Å². The molecule has 0 aliphatic rings. The molecule has 4 aromatic rings. The van der Waals surface area contributed by atoms with E-state index in [4.69, 9.17) is 25.8 Å². The van der Waals surface area contributed by atoms with Crippen LogP contribution in [0.1, 0.15) is 27.9 Å². The average molecular weight is 626 g/mol. The lowest BCUT2D eigenvalue weighted by molar-refractivity contribution is -0.120. The Morgan fingerprint density at radius 3 is 2.55 bits per heavy atom. The van der Waals surface area contributed by atoms with Crippen molar-refractivity contribution in [1.82, 2.24) is 15.6 Å². The van der Waals surface area contributed by atoms with Crippen LogP contribution < -0.4 is 25.0 Å². The first kappa shape index (κ1) is 30.8. The Hall–Kier alpha value is -4.13. The van der Waals surface area contributed by atoms with Crippen molar-refractivity contribution >= 4 is 57.9 Å². The Bertz CT molecular complexity index is 1510. The monoisotopic (exact) mass is 625 g/mol. The van der Waals surface area contributed by atoms with E-state index in [2.05, 4.69) is 26.0 Å². The number of ether oxygens (including phenoxy) is 3. The van der Waals surface area contributed by atoms with Gasteiger partial charge in [0.05, 0.1) is 33.0 Å². The van der Waals surface area contributed by atoms with Gasteiger partial charge >= 0.3 is 0 Å². The van der Waals surface area contributed by atoms with Crippen molar-refractivity contribution < 1.29 is 23.8 Å². The number of amides is 2. The van der Waals surface area contributed by atoms with Gasteiger partial charge in [-0.2, -0.15) is 5.10 Å². The lowest BCUT2D eigenvalue weighted by Gasteiger charge is -2.12. The van der Waals surface area contributed by atoms with Crippen LogP contribution in [0, 0.1) is 0 Å². The van der Waals surface area contributed by atoms with Gasteiger partial charge < -0.3 is 14.2 Å². The molecule has 1 aromatic heterocycles. The quantitative estimate of drug-likeness (QED) is 0.0790. The molecule has 0 unspecified atom stereocenters. The van der Waals surface area contributed by atoms with Crippen LogP contribution in [0.4, 0.5) is 5.13 Å². The second kappa shape index (κ2) is 15.8. The Morgan fingerprint density at radius 1 is 1.02 bits per heavy atom. The summed E-state index contributed by atoms with van der Waals surface area (Å²) in [5.74, 6) is 1.90. The number of methoxy groups -OCH3 is 1. The van der Waals surface area contributed by atoms with E-state index in [1.54, 1.807) is 49.2 Å². The zero-order valence-corrected chi connectivity index (χ0v) is 25.2. The number of hydrazone groups is 1. The maximum Gasteiger partial charge on any atom is 0.257 e. The third kappa shape index (κ3) is 9.47. The number of carbonyl (C=O) groups is 2. The molecule has 42 heavy (non-hydrogen) atoms. The van der Waals surface area contributed by atoms with Crippen LogP contribution >= 0.6 is 34.7 Å². The highest BCUT2D eigenvalue weighted by Gasteiger charge is 2.13. The van der Waals surface area contributed by atoms with E-state index in [9.17, 15) is 9.59 Å². The molecule has 0 bridgehead atoms. The largest absolute Gasteiger partial charge is 0.497 e. The van der Waals surface area contributed by atoms with Crippen molar-refractivity contribution in [2.45, 2.75) is 18.2 Å². The zero-order chi connectivity index (χ0) is 29.7. The Labute approximate surface area is 256 Å². The van der Waals surface area contributed by atoms with Crippen molar-refractivity contribution in [1.29, 1.82) is 0 Å². The van der Waals surface area contributed by atoms with Crippen LogP contribution in [-0.4, -0.2) is 54.3 Å². The first-order valence-electron chi connectivity index (χ1n) is 12.8. The minimum absolute atomic E-state index is 0.0432. The first-order chi connectivity index (χ1) is 20.4. The van der Waals surface area contributed by atoms with Crippen molar-refractivity contribution in [2.24, 2.45) is 5.10 Å². The Kier molecular flexibility index (Phi) is 11.6. The van der Waals surface area contributed by atoms with Crippen molar-refractivity contribution in [3.05, 3.63) is 87.9 Å². The Balaban J connectivity index is 1.24. The van der Waals surface area contributed by atoms with Gasteiger partial charge in [-0.1, -0.05) is 22.9 Å². The number of thioether (sulfide) groups is 1. The fourth-order valence-electron chi connectivity index (χ4n) is 3.48. The van der Waals surface area contributed by atoms with E-state index in [0.29, 0.717) is 46.1 Å². The molecule has 0 aliphatic heterocycles. The summed E-state index contributed by atoms with van der Waals surface area (Å²) >= 11 is 8.72. The van der Waals surface area contributed by atoms with Crippen molar-refractivity contribution in [3.63, 3.8) is 0 Å². The van der Waals surface area contributed by atoms with Gasteiger partial charge in [0.1, 0.15) is 10.8 Å². The molecule has 3 aromatic carbocycles. The zero-order valence-electron chi connectivity index (χ0n) is 22.8. The fraction of sp³-hybridized carbons (Fsp3) is 0.207. The molecular formula is C29H28ClN5O5S2. The van der Waals surface area contributed by atoms with E-state index in [0.717, 1.165) is 27.5 Å². The van der Waals surface area contributed by atoms with Gasteiger partial charge in [0.2, 0.25) is 11.0 Å². The molecule has 10 nitrogen and oxygen atoms in total. The number of aromatic nitrogens is 2. The maximum absolute atomic E-state index is 12.4. The molecule has 218 valence electrons. The van der Waals surface area contributed by atoms with Crippen molar-refractivity contribution in [2.75, 3.05) is 31.4 Å². The maximum atomic E-state index is 12.4. The smallest absolute Gasteiger partial charge is 0.257 e. The normalized spacial score (nSPS) is 10.8. The molecule has 0 atom stereocenters. The number of rotatable bonds is 14. The van der Waals surface area contributed by atoms with Crippen LogP contribution in [0.25, 0.3) is 0 Å². The summed E-state index contributed by atoms with van der Waals surface area (Å²) in [6, 6.07) is 19.8. The summed E-state index contributed by atoms with van der Waals surface area (Å²) < 4.78 is 16.8. The summed E-state index contributed by atoms with van der Waals surface area (Å²) in [6.07, 6.45) is 1.47. The number of halogens is 1. The molecule has 0 aliphatic carbocycles. The highest BCUT2D eigenvalue weighted by atomic mass is 35.5. The summed E-state index contributed by atoms with van der Waals surface area (Å²) in [5.41, 5.74) is 3.65. The lowest BCUT2D eigenvalue weighted by Crippen LogP contribution is -2.19. The molecule has 2 N–H and O–H groups in total. The minimum atomic E-state index is -0.376. The molecule has 4 rings (SSSR count). The van der Waals surface area contributed by atoms with Crippen LogP contribution in [-0.2, 0) is 11.2 Å². The van der Waals surface area contributed by atoms with Crippen LogP contribution in [0.2, 0.25) is 5.02 Å². The molecular weight excluding hydrogens is 598 g/mol. The molecule has 1 heterocycles. The second-order valence-corrected chi connectivity index (χ2v) is 11.1. The van der Waals surface area contributed by atoms with E-state index < -0.39 is 0 Å². The predicted molar refractivity (Wildman–Crippen MR) is 166 cm³/mol. The third-order valence-electron chi connectivity index (χ3n) is 5.45. The first-order valence-corrected chi connectivity index (χ1v) is 15.0. The Morgan fingerprint density at radius 2 is 1.81 bits per heavy atom. The number of hydrogen-bond acceptors (Lipinski definition) is 10. The summed E-state index contributed by atoms with van der Waals surface area (Å²) in [4.78, 5) is 25.9. The molecule has 0 spiro atoms. The van der Waals surface area contributed by atoms with E-state index in [-0.39, 0.29) is 23.4 Å². The molecule has 2 amide bonds. The van der Waals surface area contributed by atoms with Gasteiger partial charge in [-0.05, 0) is 79.2 Å². The predicted octanol–water partition coefficient (Wildman–Crippen LogP) is 5.72. The minimum Gasteiger partial charge on any atom is -0.497 e. The van der Waals surface area contributed by atoms with Gasteiger partial charge in [-0.15, -0.1) is 22.0 Å². The third-order valence-corrected chi connectivity index (χ3v) is 7.51. The number of benzene rings is 3. The fourth-order valence-corrected chi connectivity index (χ4v) is 5.07. The van der Waals surface area contributed by atoms with Crippen LogP contribution in [0.3, 0.4) is 0 Å². The van der Waals surface area contributed by atoms with Gasteiger partial charge in [0.15, 0.2) is 11.5 Å². The number of carbonyl (C=O) groups excluding carboxylic acids is 2. The summed E-state index contributed by atoms with van der Waals surface area (Å²) in [7, 11) is 1.55. The molecule has 0 saturated heterocycles. The van der Waals surface area contributed by atoms with Crippen LogP contribution in [0.15, 0.2) is 76.7 Å². The summed E-state index contributed by atoms with van der Waals surface area (Å²) in [5, 5.41) is 16.1. The van der Waals surface area contributed by atoms with Gasteiger partial charge in [-0.25, -0.2) is 5.43 Å². The lowest BCUT2D eigenvalue weighted by atomic mass is 10.2. The molecule has 0 fully saturated rings. The average Bonchev–Trinajstić information content (AvgIpc) is 3.43. The number of nitrogens with one attached hydrogen (secondary N) is 2. The molecule has 0 saturated carbocycles. The van der Waals surface area contributed by atoms with E-state index >= 15 is 0 Å². The van der Waals surface area contributed by atoms with Gasteiger partial charge in [-0.3, -0.25) is 14.9 Å². The summed E-state index contributed by atoms with van der Waals surface area (Å²) in [6.45, 7) is 2.86. The number of nitrogens with zero attached hydrogens (tertiary/aromatic N) is 3. The number of anilines is 1. The van der Waals surface area contributed by atoms with Crippen LogP contribution in [0.5, 0.6) is 17.2 Å². The highest BCUT2D eigenvalue weighted by Crippen LogP contribution is 2.29. The molecule has 13 heteroatoms. The van der Waals surface area contributed by atoms with E-state index in [1.807, 2.05) is 43.3 Å². The highest BCUT2D eigenvalue weighted by molar-refractivity contribution is 7.99. The van der Waals surface area contributed by atoms with Gasteiger partial charge in [0.25, 0.3) is 5.91 Å².